The standard InChI is InChI=1S/C19H22F2N8O/c1-11(30)24-16-7-14-13(8-23-16)17(28-9-12(10-28)27(3)4)26-29(14)18-22-6-5-15(25-18)19(2,20)21/h5-8,12H,9-10H2,1-4H3,(H,23,24,30). The van der Waals surface area contributed by atoms with E-state index in [2.05, 4.69) is 35.2 Å². The van der Waals surface area contributed by atoms with Gasteiger partial charge in [0.25, 0.3) is 11.9 Å². The van der Waals surface area contributed by atoms with E-state index in [1.165, 1.54) is 23.9 Å². The summed E-state index contributed by atoms with van der Waals surface area (Å²) in [5.74, 6) is -2.36. The monoisotopic (exact) mass is 416 g/mol. The number of halogens is 2. The fourth-order valence-electron chi connectivity index (χ4n) is 3.28. The lowest BCUT2D eigenvalue weighted by Crippen LogP contribution is -2.57. The van der Waals surface area contributed by atoms with Crippen molar-refractivity contribution in [1.82, 2.24) is 29.6 Å². The summed E-state index contributed by atoms with van der Waals surface area (Å²) in [5.41, 5.74) is 0.166. The number of hydrogen-bond acceptors (Lipinski definition) is 7. The Balaban J connectivity index is 1.82. The average Bonchev–Trinajstić information content (AvgIpc) is 2.98. The van der Waals surface area contributed by atoms with E-state index < -0.39 is 11.6 Å². The largest absolute Gasteiger partial charge is 0.351 e. The lowest BCUT2D eigenvalue weighted by Gasteiger charge is -2.43. The van der Waals surface area contributed by atoms with Crippen LogP contribution >= 0.6 is 0 Å². The Kier molecular flexibility index (Phi) is 4.85. The number of rotatable bonds is 5. The van der Waals surface area contributed by atoms with Crippen molar-refractivity contribution in [3.8, 4) is 5.95 Å². The normalized spacial score (nSPS) is 15.0. The first-order valence-corrected chi connectivity index (χ1v) is 9.43. The quantitative estimate of drug-likeness (QED) is 0.680. The molecule has 3 aromatic rings. The first-order chi connectivity index (χ1) is 14.1. The van der Waals surface area contributed by atoms with Gasteiger partial charge >= 0.3 is 0 Å². The van der Waals surface area contributed by atoms with Gasteiger partial charge in [-0.2, -0.15) is 13.5 Å². The van der Waals surface area contributed by atoms with Gasteiger partial charge in [-0.3, -0.25) is 4.79 Å². The maximum absolute atomic E-state index is 13.8. The highest BCUT2D eigenvalue weighted by Crippen LogP contribution is 2.32. The molecule has 1 aliphatic rings. The van der Waals surface area contributed by atoms with Crippen LogP contribution in [0, 0.1) is 0 Å². The highest BCUT2D eigenvalue weighted by molar-refractivity contribution is 5.95. The number of likely N-dealkylation sites (N-methyl/N-ethyl adjacent to an activating group) is 1. The fraction of sp³-hybridized carbons (Fsp3) is 0.421. The van der Waals surface area contributed by atoms with E-state index in [1.807, 2.05) is 14.1 Å². The molecule has 1 fully saturated rings. The first-order valence-electron chi connectivity index (χ1n) is 9.43. The summed E-state index contributed by atoms with van der Waals surface area (Å²) in [6.45, 7) is 3.72. The number of aromatic nitrogens is 5. The second-order valence-electron chi connectivity index (χ2n) is 7.66. The molecule has 0 aliphatic carbocycles. The molecule has 1 amide bonds. The van der Waals surface area contributed by atoms with Crippen LogP contribution in [0.3, 0.4) is 0 Å². The number of carbonyl (C=O) groups is 1. The van der Waals surface area contributed by atoms with E-state index in [9.17, 15) is 13.6 Å². The molecule has 0 radical (unpaired) electrons. The summed E-state index contributed by atoms with van der Waals surface area (Å²) in [6.07, 6.45) is 2.89. The minimum Gasteiger partial charge on any atom is -0.351 e. The van der Waals surface area contributed by atoms with Gasteiger partial charge in [-0.15, -0.1) is 5.10 Å². The topological polar surface area (TPSA) is 92.1 Å². The average molecular weight is 416 g/mol. The molecule has 0 atom stereocenters. The van der Waals surface area contributed by atoms with E-state index >= 15 is 0 Å². The zero-order chi connectivity index (χ0) is 21.6. The predicted octanol–water partition coefficient (Wildman–Crippen LogP) is 2.03. The van der Waals surface area contributed by atoms with Crippen molar-refractivity contribution in [1.29, 1.82) is 0 Å². The second kappa shape index (κ2) is 7.24. The molecular weight excluding hydrogens is 394 g/mol. The predicted molar refractivity (Wildman–Crippen MR) is 108 cm³/mol. The Hall–Kier alpha value is -3.21. The van der Waals surface area contributed by atoms with Crippen molar-refractivity contribution in [3.63, 3.8) is 0 Å². The summed E-state index contributed by atoms with van der Waals surface area (Å²) >= 11 is 0. The van der Waals surface area contributed by atoms with Crippen LogP contribution in [0.2, 0.25) is 0 Å². The smallest absolute Gasteiger partial charge is 0.287 e. The molecular formula is C19H22F2N8O. The number of nitrogens with one attached hydrogen (secondary N) is 1. The van der Waals surface area contributed by atoms with E-state index in [0.29, 0.717) is 23.2 Å². The Labute approximate surface area is 171 Å². The van der Waals surface area contributed by atoms with Gasteiger partial charge in [0.15, 0.2) is 5.82 Å². The van der Waals surface area contributed by atoms with Crippen molar-refractivity contribution >= 4 is 28.4 Å². The third-order valence-electron chi connectivity index (χ3n) is 5.02. The molecule has 0 saturated carbocycles. The molecule has 4 rings (SSSR count). The molecule has 0 aromatic carbocycles. The minimum absolute atomic E-state index is 0.0231. The minimum atomic E-state index is -3.11. The van der Waals surface area contributed by atoms with Crippen LogP contribution in [0.5, 0.6) is 0 Å². The first kappa shape index (κ1) is 20.1. The Morgan fingerprint density at radius 2 is 2.03 bits per heavy atom. The molecule has 9 nitrogen and oxygen atoms in total. The number of carbonyl (C=O) groups excluding carboxylic acids is 1. The molecule has 0 bridgehead atoms. The third-order valence-corrected chi connectivity index (χ3v) is 5.02. The van der Waals surface area contributed by atoms with E-state index in [0.717, 1.165) is 25.4 Å². The van der Waals surface area contributed by atoms with Gasteiger partial charge in [-0.25, -0.2) is 15.0 Å². The van der Waals surface area contributed by atoms with Crippen LogP contribution in [0.4, 0.5) is 20.4 Å². The number of fused-ring (bicyclic) bond motifs is 1. The van der Waals surface area contributed by atoms with Crippen LogP contribution in [-0.4, -0.2) is 68.8 Å². The van der Waals surface area contributed by atoms with Crippen LogP contribution < -0.4 is 10.2 Å². The van der Waals surface area contributed by atoms with Crippen molar-refractivity contribution < 1.29 is 13.6 Å². The third kappa shape index (κ3) is 3.67. The Morgan fingerprint density at radius 1 is 1.30 bits per heavy atom. The number of alkyl halides is 2. The molecule has 158 valence electrons. The highest BCUT2D eigenvalue weighted by atomic mass is 19.3. The van der Waals surface area contributed by atoms with E-state index in [4.69, 9.17) is 0 Å². The molecule has 0 unspecified atom stereocenters. The van der Waals surface area contributed by atoms with Crippen molar-refractivity contribution in [2.45, 2.75) is 25.8 Å². The maximum atomic E-state index is 13.8. The number of amides is 1. The van der Waals surface area contributed by atoms with Crippen molar-refractivity contribution in [2.75, 3.05) is 37.4 Å². The molecule has 3 aromatic heterocycles. The zero-order valence-corrected chi connectivity index (χ0v) is 17.1. The Morgan fingerprint density at radius 3 is 2.67 bits per heavy atom. The molecule has 11 heteroatoms. The van der Waals surface area contributed by atoms with Crippen molar-refractivity contribution in [2.24, 2.45) is 0 Å². The molecule has 1 saturated heterocycles. The van der Waals surface area contributed by atoms with Gasteiger partial charge in [0.2, 0.25) is 5.91 Å². The number of anilines is 2. The van der Waals surface area contributed by atoms with Gasteiger partial charge in [-0.1, -0.05) is 0 Å². The number of pyridine rings is 1. The zero-order valence-electron chi connectivity index (χ0n) is 17.1. The maximum Gasteiger partial charge on any atom is 0.287 e. The van der Waals surface area contributed by atoms with E-state index in [1.54, 1.807) is 12.3 Å². The number of nitrogens with zero attached hydrogens (tertiary/aromatic N) is 7. The lowest BCUT2D eigenvalue weighted by atomic mass is 10.1. The summed E-state index contributed by atoms with van der Waals surface area (Å²) in [5, 5.41) is 7.97. The SMILES string of the molecule is CC(=O)Nc1cc2c(cn1)c(N1CC(N(C)C)C1)nn2-c1nccc(C(C)(F)F)n1. The Bertz CT molecular complexity index is 1100. The molecule has 1 aliphatic heterocycles. The fourth-order valence-corrected chi connectivity index (χ4v) is 3.28. The number of hydrogen-bond donors (Lipinski definition) is 1. The van der Waals surface area contributed by atoms with Gasteiger partial charge in [-0.05, 0) is 20.2 Å². The summed E-state index contributed by atoms with van der Waals surface area (Å²) < 4.78 is 29.0. The van der Waals surface area contributed by atoms with Gasteiger partial charge in [0, 0.05) is 51.4 Å². The summed E-state index contributed by atoms with van der Waals surface area (Å²) in [7, 11) is 4.04. The van der Waals surface area contributed by atoms with Gasteiger partial charge in [0.05, 0.1) is 10.9 Å². The second-order valence-corrected chi connectivity index (χ2v) is 7.66. The summed E-state index contributed by atoms with van der Waals surface area (Å²) in [4.78, 5) is 28.1. The lowest BCUT2D eigenvalue weighted by molar-refractivity contribution is -0.114. The van der Waals surface area contributed by atoms with E-state index in [-0.39, 0.29) is 11.9 Å². The summed E-state index contributed by atoms with van der Waals surface area (Å²) in [6, 6.07) is 3.21. The molecule has 0 spiro atoms. The van der Waals surface area contributed by atoms with Gasteiger partial charge < -0.3 is 15.1 Å². The highest BCUT2D eigenvalue weighted by Gasteiger charge is 2.32. The van der Waals surface area contributed by atoms with Gasteiger partial charge in [0.1, 0.15) is 11.5 Å². The van der Waals surface area contributed by atoms with Crippen LogP contribution in [-0.2, 0) is 10.7 Å². The van der Waals surface area contributed by atoms with Crippen LogP contribution in [0.1, 0.15) is 19.5 Å². The molecule has 1 N–H and O–H groups in total. The van der Waals surface area contributed by atoms with Crippen LogP contribution in [0.25, 0.3) is 16.9 Å². The molecule has 30 heavy (non-hydrogen) atoms. The molecule has 4 heterocycles. The van der Waals surface area contributed by atoms with Crippen LogP contribution in [0.15, 0.2) is 24.5 Å². The van der Waals surface area contributed by atoms with Crippen molar-refractivity contribution in [3.05, 3.63) is 30.2 Å².